The average molecular weight is 887 g/mol. The van der Waals surface area contributed by atoms with Gasteiger partial charge in [0, 0.05) is 65.8 Å². The highest BCUT2D eigenvalue weighted by Crippen LogP contribution is 2.53. The zero-order valence-electron chi connectivity index (χ0n) is 38.9. The Morgan fingerprint density at radius 3 is 1.07 bits per heavy atom. The van der Waals surface area contributed by atoms with Crippen LogP contribution in [0.1, 0.15) is 52.7 Å². The van der Waals surface area contributed by atoms with Crippen molar-refractivity contribution >= 4 is 110 Å². The largest absolute Gasteiger partial charge is 0.310 e. The molecule has 4 heterocycles. The van der Waals surface area contributed by atoms with Gasteiger partial charge in [-0.1, -0.05) is 126 Å². The molecule has 0 atom stereocenters. The summed E-state index contributed by atoms with van der Waals surface area (Å²) < 4.78 is 34.2. The van der Waals surface area contributed by atoms with Gasteiger partial charge in [-0.3, -0.25) is 0 Å². The average Bonchev–Trinajstić information content (AvgIpc) is 4.06. The lowest BCUT2D eigenvalue weighted by atomic mass is 9.85. The fourth-order valence-corrected chi connectivity index (χ4v) is 11.4. The summed E-state index contributed by atoms with van der Waals surface area (Å²) in [5, 5.41) is 9.39. The van der Waals surface area contributed by atoms with Gasteiger partial charge in [0.25, 0.3) is 0 Å². The molecule has 0 bridgehead atoms. The van der Waals surface area contributed by atoms with Crippen molar-refractivity contribution in [3.05, 3.63) is 205 Å². The SMILES string of the molecule is CC(C)(C)c1cccc2c3c(N(c4ccccc4)c4ccc(F)cc4)ccc4c5cc6c(cc5n(c12)c43)c1ccc(N(c2ccccc2)c2ccc(F)cc2)c2c3cccc(C(C)(C)C)c3n6c12. The Labute approximate surface area is 393 Å². The Hall–Kier alpha value is -7.96. The second-order valence-corrected chi connectivity index (χ2v) is 20.5. The number of hydrogen-bond donors (Lipinski definition) is 0. The van der Waals surface area contributed by atoms with Gasteiger partial charge in [-0.05, 0) is 119 Å². The first-order valence-electron chi connectivity index (χ1n) is 23.5. The molecule has 0 spiro atoms. The van der Waals surface area contributed by atoms with E-state index in [1.165, 1.54) is 65.5 Å². The monoisotopic (exact) mass is 886 g/mol. The number of para-hydroxylation sites is 4. The van der Waals surface area contributed by atoms with E-state index < -0.39 is 0 Å². The molecule has 9 aromatic carbocycles. The van der Waals surface area contributed by atoms with Crippen molar-refractivity contribution in [1.82, 2.24) is 8.80 Å². The van der Waals surface area contributed by atoms with E-state index in [9.17, 15) is 8.78 Å². The van der Waals surface area contributed by atoms with Gasteiger partial charge in [0.15, 0.2) is 0 Å². The summed E-state index contributed by atoms with van der Waals surface area (Å²) in [7, 11) is 0. The zero-order chi connectivity index (χ0) is 46.4. The van der Waals surface area contributed by atoms with Crippen molar-refractivity contribution in [3.8, 4) is 0 Å². The lowest BCUT2D eigenvalue weighted by Gasteiger charge is -2.26. The van der Waals surface area contributed by atoms with E-state index in [4.69, 9.17) is 0 Å². The molecular weight excluding hydrogens is 839 g/mol. The smallest absolute Gasteiger partial charge is 0.123 e. The summed E-state index contributed by atoms with van der Waals surface area (Å²) in [4.78, 5) is 4.54. The highest BCUT2D eigenvalue weighted by molar-refractivity contribution is 6.32. The molecule has 0 saturated heterocycles. The van der Waals surface area contributed by atoms with Crippen molar-refractivity contribution < 1.29 is 8.78 Å². The van der Waals surface area contributed by atoms with Gasteiger partial charge in [-0.25, -0.2) is 8.78 Å². The third-order valence-electron chi connectivity index (χ3n) is 14.3. The molecule has 13 aromatic rings. The molecule has 0 aliphatic heterocycles. The van der Waals surface area contributed by atoms with Gasteiger partial charge >= 0.3 is 0 Å². The molecule has 68 heavy (non-hydrogen) atoms. The van der Waals surface area contributed by atoms with Crippen LogP contribution in [0.3, 0.4) is 0 Å². The van der Waals surface area contributed by atoms with Crippen molar-refractivity contribution in [1.29, 1.82) is 0 Å². The Morgan fingerprint density at radius 2 is 0.706 bits per heavy atom. The van der Waals surface area contributed by atoms with E-state index in [1.54, 1.807) is 24.3 Å². The molecule has 0 N–H and O–H groups in total. The van der Waals surface area contributed by atoms with Crippen LogP contribution in [0.5, 0.6) is 0 Å². The Kier molecular flexibility index (Phi) is 8.46. The Balaban J connectivity index is 1.19. The first kappa shape index (κ1) is 40.3. The maximum Gasteiger partial charge on any atom is 0.123 e. The molecule has 0 saturated carbocycles. The molecule has 6 heteroatoms. The van der Waals surface area contributed by atoms with Crippen LogP contribution in [-0.2, 0) is 10.8 Å². The van der Waals surface area contributed by atoms with Crippen molar-refractivity contribution in [2.24, 2.45) is 0 Å². The zero-order valence-corrected chi connectivity index (χ0v) is 38.9. The molecule has 4 nitrogen and oxygen atoms in total. The lowest BCUT2D eigenvalue weighted by Crippen LogP contribution is -2.12. The van der Waals surface area contributed by atoms with Crippen molar-refractivity contribution in [3.63, 3.8) is 0 Å². The summed E-state index contributed by atoms with van der Waals surface area (Å²) in [6.07, 6.45) is 0. The summed E-state index contributed by atoms with van der Waals surface area (Å²) >= 11 is 0. The highest BCUT2D eigenvalue weighted by atomic mass is 19.1. The number of halogens is 2. The van der Waals surface area contributed by atoms with Gasteiger partial charge in [0.2, 0.25) is 0 Å². The normalized spacial score (nSPS) is 12.7. The second-order valence-electron chi connectivity index (χ2n) is 20.5. The third kappa shape index (κ3) is 5.70. The minimum Gasteiger partial charge on any atom is -0.310 e. The number of fused-ring (bicyclic) bond motifs is 12. The number of benzene rings is 9. The molecule has 13 rings (SSSR count). The molecule has 4 aromatic heterocycles. The minimum atomic E-state index is -0.267. The summed E-state index contributed by atoms with van der Waals surface area (Å²) in [6, 6.07) is 62.0. The molecular formula is C62H48F2N4. The molecule has 330 valence electrons. The lowest BCUT2D eigenvalue weighted by molar-refractivity contribution is 0.594. The fraction of sp³-hybridized carbons (Fsp3) is 0.129. The topological polar surface area (TPSA) is 15.3 Å². The van der Waals surface area contributed by atoms with E-state index in [0.29, 0.717) is 0 Å². The van der Waals surface area contributed by atoms with E-state index in [0.717, 1.165) is 55.9 Å². The standard InChI is InChI=1S/C62H48F2N4/c1-61(2,3)49-21-13-19-45-55-51(65(39-15-9-7-10-16-39)41-27-23-37(63)24-28-41)33-31-43-47-36-54-48(35-53(47)67(57(45)49)59(43)55)44-32-34-52(66(40-17-11-8-12-18-40)42-29-25-38(64)26-30-42)56-46-20-14-22-50(62(4,5)6)58(46)68(54)60(44)56/h7-36H,1-6H3. The van der Waals surface area contributed by atoms with Crippen molar-refractivity contribution in [2.75, 3.05) is 9.80 Å². The highest BCUT2D eigenvalue weighted by Gasteiger charge is 2.31. The van der Waals surface area contributed by atoms with Gasteiger partial charge in [-0.15, -0.1) is 0 Å². The summed E-state index contributed by atoms with van der Waals surface area (Å²) in [6.45, 7) is 13.8. The summed E-state index contributed by atoms with van der Waals surface area (Å²) in [5.41, 5.74) is 15.1. The maximum absolute atomic E-state index is 14.6. The van der Waals surface area contributed by atoms with Crippen LogP contribution in [0.2, 0.25) is 0 Å². The Bertz CT molecular complexity index is 3830. The first-order chi connectivity index (χ1) is 32.9. The van der Waals surface area contributed by atoms with E-state index in [-0.39, 0.29) is 22.5 Å². The van der Waals surface area contributed by atoms with Gasteiger partial charge in [0.05, 0.1) is 44.5 Å². The van der Waals surface area contributed by atoms with E-state index in [1.807, 2.05) is 36.4 Å². The van der Waals surface area contributed by atoms with E-state index >= 15 is 0 Å². The number of anilines is 6. The van der Waals surface area contributed by atoms with Crippen LogP contribution < -0.4 is 9.80 Å². The number of rotatable bonds is 6. The van der Waals surface area contributed by atoms with Crippen LogP contribution >= 0.6 is 0 Å². The predicted octanol–water partition coefficient (Wildman–Crippen LogP) is 17.8. The fourth-order valence-electron chi connectivity index (χ4n) is 11.4. The Morgan fingerprint density at radius 1 is 0.338 bits per heavy atom. The van der Waals surface area contributed by atoms with Crippen LogP contribution in [0.25, 0.3) is 76.2 Å². The number of hydrogen-bond acceptors (Lipinski definition) is 2. The molecule has 0 amide bonds. The van der Waals surface area contributed by atoms with E-state index in [2.05, 4.69) is 181 Å². The van der Waals surface area contributed by atoms with Crippen LogP contribution in [0.4, 0.5) is 42.9 Å². The quantitative estimate of drug-likeness (QED) is 0.165. The van der Waals surface area contributed by atoms with Crippen LogP contribution in [-0.4, -0.2) is 8.80 Å². The number of nitrogens with zero attached hydrogens (tertiary/aromatic N) is 4. The number of aromatic nitrogens is 2. The van der Waals surface area contributed by atoms with Crippen molar-refractivity contribution in [2.45, 2.75) is 52.4 Å². The van der Waals surface area contributed by atoms with Gasteiger partial charge < -0.3 is 18.6 Å². The minimum absolute atomic E-state index is 0.166. The summed E-state index contributed by atoms with van der Waals surface area (Å²) in [5.74, 6) is -0.534. The first-order valence-corrected chi connectivity index (χ1v) is 23.5. The predicted molar refractivity (Wildman–Crippen MR) is 282 cm³/mol. The van der Waals surface area contributed by atoms with Crippen LogP contribution in [0, 0.1) is 11.6 Å². The molecule has 0 unspecified atom stereocenters. The maximum atomic E-state index is 14.6. The molecule has 0 radical (unpaired) electrons. The molecule has 0 aliphatic rings. The molecule has 0 aliphatic carbocycles. The third-order valence-corrected chi connectivity index (χ3v) is 14.3. The second kappa shape index (κ2) is 14.3. The molecule has 0 fully saturated rings. The van der Waals surface area contributed by atoms with Gasteiger partial charge in [0.1, 0.15) is 11.6 Å². The van der Waals surface area contributed by atoms with Gasteiger partial charge in [-0.2, -0.15) is 0 Å². The van der Waals surface area contributed by atoms with Crippen LogP contribution in [0.15, 0.2) is 182 Å².